The summed E-state index contributed by atoms with van der Waals surface area (Å²) in [5.74, 6) is 2.03. The fourth-order valence-electron chi connectivity index (χ4n) is 5.33. The maximum absolute atomic E-state index is 13.6. The topological polar surface area (TPSA) is 66.2 Å². The Kier molecular flexibility index (Phi) is 5.02. The van der Waals surface area contributed by atoms with Crippen LogP contribution in [0.2, 0.25) is 5.02 Å². The molecule has 3 aromatic rings. The quantitative estimate of drug-likeness (QED) is 0.540. The lowest BCUT2D eigenvalue weighted by atomic mass is 9.73. The number of aromatic nitrogens is 5. The Labute approximate surface area is 205 Å². The second kappa shape index (κ2) is 7.79. The summed E-state index contributed by atoms with van der Waals surface area (Å²) in [7, 11) is 0. The molecule has 184 valence electrons. The molecule has 8 nitrogen and oxygen atoms in total. The summed E-state index contributed by atoms with van der Waals surface area (Å²) in [6.07, 6.45) is -0.828. The molecule has 1 spiro atoms. The van der Waals surface area contributed by atoms with Crippen LogP contribution in [0.4, 0.5) is 24.9 Å². The lowest BCUT2D eigenvalue weighted by molar-refractivity contribution is -0.182. The first-order valence-corrected chi connectivity index (χ1v) is 11.8. The fraction of sp³-hybridized carbons (Fsp3) is 0.478. The first-order chi connectivity index (χ1) is 16.6. The van der Waals surface area contributed by atoms with Gasteiger partial charge in [-0.25, -0.2) is 4.98 Å². The highest BCUT2D eigenvalue weighted by atomic mass is 35.5. The van der Waals surface area contributed by atoms with Crippen LogP contribution >= 0.6 is 11.6 Å². The van der Waals surface area contributed by atoms with Gasteiger partial charge in [0.1, 0.15) is 11.9 Å². The van der Waals surface area contributed by atoms with Gasteiger partial charge in [0.15, 0.2) is 5.82 Å². The zero-order valence-corrected chi connectivity index (χ0v) is 20.1. The molecule has 5 heterocycles. The summed E-state index contributed by atoms with van der Waals surface area (Å²) in [6.45, 7) is 6.62. The van der Waals surface area contributed by atoms with Gasteiger partial charge in [0.2, 0.25) is 5.95 Å². The molecule has 3 aliphatic rings. The molecule has 0 N–H and O–H groups in total. The average Bonchev–Trinajstić information content (AvgIpc) is 3.06. The van der Waals surface area contributed by atoms with E-state index in [1.54, 1.807) is 24.5 Å². The minimum absolute atomic E-state index is 0.0404. The first-order valence-electron chi connectivity index (χ1n) is 11.4. The zero-order chi connectivity index (χ0) is 24.5. The van der Waals surface area contributed by atoms with E-state index < -0.39 is 12.2 Å². The van der Waals surface area contributed by atoms with E-state index in [0.717, 1.165) is 48.9 Å². The van der Waals surface area contributed by atoms with Gasteiger partial charge in [0.05, 0.1) is 24.1 Å². The number of hydrogen-bond acceptors (Lipinski definition) is 7. The van der Waals surface area contributed by atoms with Crippen LogP contribution in [0.15, 0.2) is 30.6 Å². The van der Waals surface area contributed by atoms with Gasteiger partial charge in [0, 0.05) is 49.4 Å². The van der Waals surface area contributed by atoms with Crippen molar-refractivity contribution in [2.24, 2.45) is 5.41 Å². The summed E-state index contributed by atoms with van der Waals surface area (Å²) in [5, 5.41) is 9.22. The Morgan fingerprint density at radius 2 is 1.77 bits per heavy atom. The molecule has 1 aromatic carbocycles. The van der Waals surface area contributed by atoms with Crippen molar-refractivity contribution in [3.63, 3.8) is 0 Å². The number of rotatable bonds is 3. The summed E-state index contributed by atoms with van der Waals surface area (Å²) in [6, 6.07) is 3.70. The Morgan fingerprint density at radius 3 is 2.49 bits per heavy atom. The predicted molar refractivity (Wildman–Crippen MR) is 125 cm³/mol. The van der Waals surface area contributed by atoms with Crippen molar-refractivity contribution in [1.29, 1.82) is 0 Å². The van der Waals surface area contributed by atoms with Gasteiger partial charge in [-0.3, -0.25) is 14.5 Å². The number of nitrogens with zero attached hydrogens (tertiary/aromatic N) is 8. The van der Waals surface area contributed by atoms with Gasteiger partial charge in [-0.05, 0) is 37.6 Å². The van der Waals surface area contributed by atoms with E-state index in [0.29, 0.717) is 16.8 Å². The Hall–Kier alpha value is -2.92. The van der Waals surface area contributed by atoms with Gasteiger partial charge < -0.3 is 9.80 Å². The second-order valence-electron chi connectivity index (χ2n) is 9.88. The second-order valence-corrected chi connectivity index (χ2v) is 10.3. The molecule has 0 bridgehead atoms. The first kappa shape index (κ1) is 22.5. The van der Waals surface area contributed by atoms with Gasteiger partial charge in [-0.1, -0.05) is 11.6 Å². The maximum Gasteiger partial charge on any atom is 0.403 e. The predicted octanol–water partition coefficient (Wildman–Crippen LogP) is 3.61. The minimum atomic E-state index is -4.35. The van der Waals surface area contributed by atoms with Crippen LogP contribution < -0.4 is 9.80 Å². The van der Waals surface area contributed by atoms with E-state index >= 15 is 0 Å². The van der Waals surface area contributed by atoms with Crippen LogP contribution in [-0.4, -0.2) is 68.0 Å². The van der Waals surface area contributed by atoms with E-state index in [1.165, 1.54) is 11.8 Å². The third kappa shape index (κ3) is 3.81. The summed E-state index contributed by atoms with van der Waals surface area (Å²) >= 11 is 6.22. The molecule has 0 aliphatic carbocycles. The SMILES string of the molecule is Cc1cncc(N2CC3(C2)CN(c2nnc4n2-c2ccc(Cl)cc2CN(C(C)C(F)(F)F)C4)C3)n1. The monoisotopic (exact) mass is 504 g/mol. The normalized spacial score (nSPS) is 20.1. The third-order valence-electron chi connectivity index (χ3n) is 7.19. The van der Waals surface area contributed by atoms with E-state index in [-0.39, 0.29) is 18.5 Å². The number of fused-ring (bicyclic) bond motifs is 3. The fourth-order valence-corrected chi connectivity index (χ4v) is 5.52. The molecule has 0 saturated carbocycles. The Morgan fingerprint density at radius 1 is 1.03 bits per heavy atom. The smallest absolute Gasteiger partial charge is 0.354 e. The van der Waals surface area contributed by atoms with E-state index in [9.17, 15) is 13.2 Å². The molecule has 0 radical (unpaired) electrons. The van der Waals surface area contributed by atoms with Gasteiger partial charge in [-0.2, -0.15) is 13.2 Å². The molecular weight excluding hydrogens is 481 g/mol. The van der Waals surface area contributed by atoms with Crippen molar-refractivity contribution in [3.05, 3.63) is 52.7 Å². The number of halogens is 4. The van der Waals surface area contributed by atoms with Crippen LogP contribution in [0.1, 0.15) is 24.0 Å². The molecule has 2 aromatic heterocycles. The van der Waals surface area contributed by atoms with Crippen molar-refractivity contribution in [1.82, 2.24) is 29.6 Å². The average molecular weight is 505 g/mol. The standard InChI is InChI=1S/C23H24ClF3N8/c1-14-6-28-7-19(29-14)33-10-22(11-33)12-34(13-22)21-31-30-20-9-32(15(2)23(25,26)27)8-16-5-17(24)3-4-18(16)35(20)21/h3-7,15H,8-13H2,1-2H3. The van der Waals surface area contributed by atoms with Crippen LogP contribution in [0, 0.1) is 12.3 Å². The van der Waals surface area contributed by atoms with Crippen molar-refractivity contribution >= 4 is 23.4 Å². The van der Waals surface area contributed by atoms with Crippen molar-refractivity contribution in [2.45, 2.75) is 39.2 Å². The summed E-state index contributed by atoms with van der Waals surface area (Å²) < 4.78 is 42.6. The molecule has 2 saturated heterocycles. The summed E-state index contributed by atoms with van der Waals surface area (Å²) in [5.41, 5.74) is 2.52. The molecule has 35 heavy (non-hydrogen) atoms. The van der Waals surface area contributed by atoms with E-state index in [2.05, 4.69) is 30.0 Å². The Bertz CT molecular complexity index is 1280. The third-order valence-corrected chi connectivity index (χ3v) is 7.42. The molecule has 6 rings (SSSR count). The molecule has 0 amide bonds. The Balaban J connectivity index is 1.26. The van der Waals surface area contributed by atoms with Gasteiger partial charge in [0.25, 0.3) is 0 Å². The molecule has 2 fully saturated rings. The maximum atomic E-state index is 13.6. The van der Waals surface area contributed by atoms with Gasteiger partial charge >= 0.3 is 6.18 Å². The largest absolute Gasteiger partial charge is 0.403 e. The highest BCUT2D eigenvalue weighted by Gasteiger charge is 2.53. The number of benzene rings is 1. The van der Waals surface area contributed by atoms with Crippen LogP contribution in [0.25, 0.3) is 5.69 Å². The van der Waals surface area contributed by atoms with Crippen LogP contribution in [0.5, 0.6) is 0 Å². The highest BCUT2D eigenvalue weighted by molar-refractivity contribution is 6.30. The van der Waals surface area contributed by atoms with Crippen LogP contribution in [0.3, 0.4) is 0 Å². The summed E-state index contributed by atoms with van der Waals surface area (Å²) in [4.78, 5) is 14.5. The van der Waals surface area contributed by atoms with Crippen molar-refractivity contribution < 1.29 is 13.2 Å². The van der Waals surface area contributed by atoms with E-state index in [4.69, 9.17) is 11.6 Å². The molecular formula is C23H24ClF3N8. The minimum Gasteiger partial charge on any atom is -0.354 e. The van der Waals surface area contributed by atoms with Gasteiger partial charge in [-0.15, -0.1) is 10.2 Å². The lowest BCUT2D eigenvalue weighted by Crippen LogP contribution is -2.73. The molecule has 1 unspecified atom stereocenters. The zero-order valence-electron chi connectivity index (χ0n) is 19.3. The number of hydrogen-bond donors (Lipinski definition) is 0. The van der Waals surface area contributed by atoms with Crippen LogP contribution in [-0.2, 0) is 13.1 Å². The van der Waals surface area contributed by atoms with E-state index in [1.807, 2.05) is 17.6 Å². The molecule has 1 atom stereocenters. The number of anilines is 2. The van der Waals surface area contributed by atoms with Crippen molar-refractivity contribution in [3.8, 4) is 5.69 Å². The molecule has 3 aliphatic heterocycles. The number of aryl methyl sites for hydroxylation is 1. The molecule has 12 heteroatoms. The van der Waals surface area contributed by atoms with Crippen molar-refractivity contribution in [2.75, 3.05) is 36.0 Å². The number of alkyl halides is 3. The highest BCUT2D eigenvalue weighted by Crippen LogP contribution is 2.44. The lowest BCUT2D eigenvalue weighted by Gasteiger charge is -2.60.